The molecule has 0 amide bonds. The molecule has 0 aliphatic heterocycles. The van der Waals surface area contributed by atoms with Gasteiger partial charge in [-0.3, -0.25) is 0 Å². The number of carbonyl (C=O) groups excluding carboxylic acids is 1. The Hall–Kier alpha value is -1.76. The third-order valence-electron chi connectivity index (χ3n) is 3.89. The summed E-state index contributed by atoms with van der Waals surface area (Å²) in [5, 5.41) is 9.19. The van der Waals surface area contributed by atoms with Gasteiger partial charge in [-0.25, -0.2) is 14.5 Å². The van der Waals surface area contributed by atoms with Gasteiger partial charge in [-0.05, 0) is 32.6 Å². The van der Waals surface area contributed by atoms with Crippen LogP contribution in [0, 0.1) is 19.8 Å². The summed E-state index contributed by atoms with van der Waals surface area (Å²) in [7, 11) is 1.36. The Labute approximate surface area is 127 Å². The van der Waals surface area contributed by atoms with Crippen molar-refractivity contribution in [1.29, 1.82) is 0 Å². The minimum absolute atomic E-state index is 0.281. The molecule has 2 aromatic heterocycles. The van der Waals surface area contributed by atoms with Gasteiger partial charge >= 0.3 is 5.97 Å². The number of esters is 1. The molecule has 0 N–H and O–H groups in total. The number of thiazole rings is 1. The highest BCUT2D eigenvalue weighted by atomic mass is 32.1. The molecular formula is C14H18N4O2S. The predicted molar refractivity (Wildman–Crippen MR) is 79.3 cm³/mol. The molecule has 1 aliphatic rings. The van der Waals surface area contributed by atoms with E-state index in [1.165, 1.54) is 26.4 Å². The molecule has 7 heteroatoms. The topological polar surface area (TPSA) is 69.9 Å². The minimum Gasteiger partial charge on any atom is -0.464 e. The van der Waals surface area contributed by atoms with Gasteiger partial charge in [0.05, 0.1) is 22.7 Å². The van der Waals surface area contributed by atoms with Crippen LogP contribution >= 0.6 is 11.3 Å². The van der Waals surface area contributed by atoms with E-state index >= 15 is 0 Å². The van der Waals surface area contributed by atoms with E-state index < -0.39 is 5.97 Å². The SMILES string of the molecule is COC(=O)c1nnn(CC2CCC2)c1-c1sc(C)nc1C. The van der Waals surface area contributed by atoms with Gasteiger partial charge in [0.15, 0.2) is 5.69 Å². The van der Waals surface area contributed by atoms with Crippen LogP contribution in [0.1, 0.15) is 40.5 Å². The molecule has 0 aromatic carbocycles. The summed E-state index contributed by atoms with van der Waals surface area (Å²) in [6.45, 7) is 4.70. The van der Waals surface area contributed by atoms with E-state index in [1.807, 2.05) is 18.5 Å². The van der Waals surface area contributed by atoms with Crippen molar-refractivity contribution < 1.29 is 9.53 Å². The van der Waals surface area contributed by atoms with E-state index in [-0.39, 0.29) is 5.69 Å². The lowest BCUT2D eigenvalue weighted by molar-refractivity contribution is 0.0595. The maximum Gasteiger partial charge on any atom is 0.360 e. The Morgan fingerprint density at radius 1 is 1.43 bits per heavy atom. The van der Waals surface area contributed by atoms with Gasteiger partial charge < -0.3 is 4.74 Å². The predicted octanol–water partition coefficient (Wildman–Crippen LogP) is 2.61. The van der Waals surface area contributed by atoms with E-state index in [2.05, 4.69) is 15.3 Å². The van der Waals surface area contributed by atoms with Crippen molar-refractivity contribution in [3.63, 3.8) is 0 Å². The van der Waals surface area contributed by atoms with Crippen molar-refractivity contribution in [2.75, 3.05) is 7.11 Å². The van der Waals surface area contributed by atoms with Crippen LogP contribution in [0.5, 0.6) is 0 Å². The Balaban J connectivity index is 2.06. The van der Waals surface area contributed by atoms with Crippen LogP contribution in [0.25, 0.3) is 10.6 Å². The summed E-state index contributed by atoms with van der Waals surface area (Å²) in [5.41, 5.74) is 1.93. The first-order chi connectivity index (χ1) is 10.1. The number of rotatable bonds is 4. The molecule has 0 unspecified atom stereocenters. The van der Waals surface area contributed by atoms with Gasteiger partial charge in [0, 0.05) is 6.54 Å². The van der Waals surface area contributed by atoms with Crippen molar-refractivity contribution in [2.45, 2.75) is 39.7 Å². The van der Waals surface area contributed by atoms with Crippen molar-refractivity contribution in [1.82, 2.24) is 20.0 Å². The van der Waals surface area contributed by atoms with Gasteiger partial charge in [0.1, 0.15) is 5.69 Å². The lowest BCUT2D eigenvalue weighted by Gasteiger charge is -2.25. The first-order valence-electron chi connectivity index (χ1n) is 7.06. The summed E-state index contributed by atoms with van der Waals surface area (Å²) < 4.78 is 6.68. The van der Waals surface area contributed by atoms with Gasteiger partial charge in [0.25, 0.3) is 0 Å². The second kappa shape index (κ2) is 5.55. The highest BCUT2D eigenvalue weighted by Crippen LogP contribution is 2.34. The number of aromatic nitrogens is 4. The van der Waals surface area contributed by atoms with Crippen molar-refractivity contribution in [3.05, 3.63) is 16.4 Å². The number of ether oxygens (including phenoxy) is 1. The molecule has 0 bridgehead atoms. The van der Waals surface area contributed by atoms with Gasteiger partial charge in [-0.2, -0.15) is 0 Å². The van der Waals surface area contributed by atoms with Crippen molar-refractivity contribution >= 4 is 17.3 Å². The summed E-state index contributed by atoms with van der Waals surface area (Å²) in [4.78, 5) is 17.4. The summed E-state index contributed by atoms with van der Waals surface area (Å²) in [6.07, 6.45) is 3.71. The van der Waals surface area contributed by atoms with Crippen molar-refractivity contribution in [3.8, 4) is 10.6 Å². The molecule has 0 saturated heterocycles. The van der Waals surface area contributed by atoms with Crippen LogP contribution in [0.15, 0.2) is 0 Å². The van der Waals surface area contributed by atoms with E-state index in [4.69, 9.17) is 4.74 Å². The molecule has 112 valence electrons. The fraction of sp³-hybridized carbons (Fsp3) is 0.571. The molecule has 1 aliphatic carbocycles. The molecule has 6 nitrogen and oxygen atoms in total. The Kier molecular flexibility index (Phi) is 3.75. The monoisotopic (exact) mass is 306 g/mol. The van der Waals surface area contributed by atoms with E-state index in [1.54, 1.807) is 11.3 Å². The number of methoxy groups -OCH3 is 1. The molecule has 1 saturated carbocycles. The van der Waals surface area contributed by atoms with Crippen LogP contribution in [-0.4, -0.2) is 33.1 Å². The summed E-state index contributed by atoms with van der Waals surface area (Å²) in [6, 6.07) is 0. The Morgan fingerprint density at radius 2 is 2.19 bits per heavy atom. The molecule has 2 heterocycles. The highest BCUT2D eigenvalue weighted by Gasteiger charge is 2.27. The zero-order valence-corrected chi connectivity index (χ0v) is 13.2. The number of nitrogens with zero attached hydrogens (tertiary/aromatic N) is 4. The highest BCUT2D eigenvalue weighted by molar-refractivity contribution is 7.15. The molecule has 21 heavy (non-hydrogen) atoms. The van der Waals surface area contributed by atoms with Crippen LogP contribution in [0.4, 0.5) is 0 Å². The quantitative estimate of drug-likeness (QED) is 0.812. The molecular weight excluding hydrogens is 288 g/mol. The standard InChI is InChI=1S/C14H18N4O2S/c1-8-13(21-9(2)15-8)12-11(14(19)20-3)16-17-18(12)7-10-5-4-6-10/h10H,4-7H2,1-3H3. The lowest BCUT2D eigenvalue weighted by atomic mass is 9.85. The molecule has 0 spiro atoms. The minimum atomic E-state index is -0.449. The smallest absolute Gasteiger partial charge is 0.360 e. The van der Waals surface area contributed by atoms with Crippen LogP contribution in [0.2, 0.25) is 0 Å². The third-order valence-corrected chi connectivity index (χ3v) is 4.97. The molecule has 3 rings (SSSR count). The zero-order valence-electron chi connectivity index (χ0n) is 12.4. The first-order valence-corrected chi connectivity index (χ1v) is 7.88. The van der Waals surface area contributed by atoms with Crippen LogP contribution in [-0.2, 0) is 11.3 Å². The molecule has 0 radical (unpaired) electrons. The largest absolute Gasteiger partial charge is 0.464 e. The Bertz CT molecular complexity index is 673. The van der Waals surface area contributed by atoms with E-state index in [0.717, 1.165) is 27.8 Å². The van der Waals surface area contributed by atoms with Crippen LogP contribution < -0.4 is 0 Å². The summed E-state index contributed by atoms with van der Waals surface area (Å²) >= 11 is 1.56. The second-order valence-corrected chi connectivity index (χ2v) is 6.61. The number of aryl methyl sites for hydroxylation is 2. The van der Waals surface area contributed by atoms with Gasteiger partial charge in [0.2, 0.25) is 0 Å². The average Bonchev–Trinajstić information content (AvgIpc) is 2.96. The molecule has 2 aromatic rings. The van der Waals surface area contributed by atoms with E-state index in [9.17, 15) is 4.79 Å². The van der Waals surface area contributed by atoms with E-state index in [0.29, 0.717) is 5.92 Å². The number of hydrogen-bond acceptors (Lipinski definition) is 6. The summed E-state index contributed by atoms with van der Waals surface area (Å²) in [5.74, 6) is 0.181. The Morgan fingerprint density at radius 3 is 2.71 bits per heavy atom. The van der Waals surface area contributed by atoms with Crippen LogP contribution in [0.3, 0.4) is 0 Å². The molecule has 0 atom stereocenters. The second-order valence-electron chi connectivity index (χ2n) is 5.40. The first kappa shape index (κ1) is 14.2. The maximum atomic E-state index is 12.0. The lowest BCUT2D eigenvalue weighted by Crippen LogP contribution is -2.19. The van der Waals surface area contributed by atoms with Gasteiger partial charge in [-0.1, -0.05) is 11.6 Å². The maximum absolute atomic E-state index is 12.0. The zero-order chi connectivity index (χ0) is 15.0. The normalized spacial score (nSPS) is 15.0. The van der Waals surface area contributed by atoms with Gasteiger partial charge in [-0.15, -0.1) is 16.4 Å². The fourth-order valence-electron chi connectivity index (χ4n) is 2.57. The third kappa shape index (κ3) is 2.57. The molecule has 1 fully saturated rings. The fourth-order valence-corrected chi connectivity index (χ4v) is 3.54. The number of carbonyl (C=O) groups is 1. The average molecular weight is 306 g/mol. The van der Waals surface area contributed by atoms with Crippen molar-refractivity contribution in [2.24, 2.45) is 5.92 Å². The number of hydrogen-bond donors (Lipinski definition) is 0.